The zero-order valence-electron chi connectivity index (χ0n) is 14.3. The van der Waals surface area contributed by atoms with Crippen molar-refractivity contribution in [3.63, 3.8) is 0 Å². The maximum Gasteiger partial charge on any atom is 0.295 e. The number of likely N-dealkylation sites (tertiary alicyclic amines) is 1. The van der Waals surface area contributed by atoms with E-state index in [9.17, 15) is 9.59 Å². The smallest absolute Gasteiger partial charge is 0.295 e. The van der Waals surface area contributed by atoms with Crippen molar-refractivity contribution < 1.29 is 14.3 Å². The van der Waals surface area contributed by atoms with Crippen molar-refractivity contribution in [3.8, 4) is 5.88 Å². The molecule has 0 spiro atoms. The Balaban J connectivity index is 1.44. The largest absolute Gasteiger partial charge is 0.471 e. The van der Waals surface area contributed by atoms with Gasteiger partial charge in [0.15, 0.2) is 0 Å². The number of nitrogens with zero attached hydrogens (tertiary/aromatic N) is 3. The number of carbonyl (C=O) groups excluding carboxylic acids is 2. The second kappa shape index (κ2) is 6.59. The number of hydrogen-bond acceptors (Lipinski definition) is 5. The molecule has 1 aliphatic heterocycles. The van der Waals surface area contributed by atoms with E-state index in [1.54, 1.807) is 12.3 Å². The molecule has 0 saturated carbocycles. The summed E-state index contributed by atoms with van der Waals surface area (Å²) in [5.74, 6) is -0.577. The lowest BCUT2D eigenvalue weighted by Crippen LogP contribution is -2.36. The molecule has 1 aromatic carbocycles. The third-order valence-corrected chi connectivity index (χ3v) is 4.52. The fourth-order valence-electron chi connectivity index (χ4n) is 3.15. The van der Waals surface area contributed by atoms with Gasteiger partial charge in [0.2, 0.25) is 5.88 Å². The monoisotopic (exact) mass is 350 g/mol. The van der Waals surface area contributed by atoms with E-state index in [0.717, 1.165) is 16.6 Å². The van der Waals surface area contributed by atoms with Gasteiger partial charge >= 0.3 is 0 Å². The van der Waals surface area contributed by atoms with Gasteiger partial charge in [-0.1, -0.05) is 18.2 Å². The zero-order valence-corrected chi connectivity index (χ0v) is 14.3. The summed E-state index contributed by atoms with van der Waals surface area (Å²) in [6, 6.07) is 11.0. The van der Waals surface area contributed by atoms with Crippen LogP contribution in [0.3, 0.4) is 0 Å². The highest BCUT2D eigenvalue weighted by molar-refractivity contribution is 6.44. The van der Waals surface area contributed by atoms with Crippen molar-refractivity contribution in [2.75, 3.05) is 13.1 Å². The minimum atomic E-state index is -0.504. The summed E-state index contributed by atoms with van der Waals surface area (Å²) in [6.45, 7) is 2.70. The van der Waals surface area contributed by atoms with Crippen molar-refractivity contribution in [2.45, 2.75) is 19.4 Å². The van der Waals surface area contributed by atoms with Crippen LogP contribution in [-0.2, 0) is 4.79 Å². The number of fused-ring (bicyclic) bond motifs is 1. The van der Waals surface area contributed by atoms with E-state index in [4.69, 9.17) is 4.74 Å². The first kappa shape index (κ1) is 16.3. The Morgan fingerprint density at radius 1 is 1.19 bits per heavy atom. The fourth-order valence-corrected chi connectivity index (χ4v) is 3.15. The normalized spacial score (nSPS) is 16.8. The molecular formula is C19H18N4O3. The van der Waals surface area contributed by atoms with E-state index >= 15 is 0 Å². The Labute approximate surface area is 150 Å². The standard InChI is InChI=1S/C19H18N4O3/c1-12-6-7-17(22-21-12)26-13-8-9-23(11-13)19(25)18(24)15-10-20-16-5-3-2-4-14(15)16/h2-7,10,13,20H,8-9,11H2,1H3. The van der Waals surface area contributed by atoms with E-state index < -0.39 is 11.7 Å². The van der Waals surface area contributed by atoms with Gasteiger partial charge in [0.1, 0.15) is 6.10 Å². The number of amides is 1. The molecule has 2 aromatic heterocycles. The number of nitrogens with one attached hydrogen (secondary N) is 1. The van der Waals surface area contributed by atoms with Gasteiger partial charge in [-0.25, -0.2) is 0 Å². The van der Waals surface area contributed by atoms with Crippen LogP contribution < -0.4 is 4.74 Å². The van der Waals surface area contributed by atoms with Gasteiger partial charge in [0.05, 0.1) is 17.8 Å². The molecule has 1 N–H and O–H groups in total. The van der Waals surface area contributed by atoms with E-state index in [2.05, 4.69) is 15.2 Å². The topological polar surface area (TPSA) is 88.2 Å². The minimum absolute atomic E-state index is 0.188. The molecule has 1 saturated heterocycles. The molecule has 0 radical (unpaired) electrons. The van der Waals surface area contributed by atoms with Crippen molar-refractivity contribution in [1.29, 1.82) is 0 Å². The number of aromatic nitrogens is 3. The Kier molecular flexibility index (Phi) is 4.12. The molecule has 26 heavy (non-hydrogen) atoms. The van der Waals surface area contributed by atoms with Crippen LogP contribution >= 0.6 is 0 Å². The van der Waals surface area contributed by atoms with Gasteiger partial charge in [-0.05, 0) is 19.1 Å². The van der Waals surface area contributed by atoms with Crippen molar-refractivity contribution in [1.82, 2.24) is 20.1 Å². The van der Waals surface area contributed by atoms with Crippen LogP contribution in [-0.4, -0.2) is 51.0 Å². The fraction of sp³-hybridized carbons (Fsp3) is 0.263. The van der Waals surface area contributed by atoms with E-state index in [0.29, 0.717) is 31.0 Å². The van der Waals surface area contributed by atoms with Gasteiger partial charge in [-0.3, -0.25) is 9.59 Å². The van der Waals surface area contributed by atoms with Gasteiger partial charge in [-0.15, -0.1) is 5.10 Å². The number of ketones is 1. The molecule has 7 nitrogen and oxygen atoms in total. The molecule has 1 aliphatic rings. The van der Waals surface area contributed by atoms with Crippen molar-refractivity contribution in [2.24, 2.45) is 0 Å². The summed E-state index contributed by atoms with van der Waals surface area (Å²) in [4.78, 5) is 29.8. The van der Waals surface area contributed by atoms with Crippen LogP contribution in [0, 0.1) is 6.92 Å². The molecule has 3 heterocycles. The summed E-state index contributed by atoms with van der Waals surface area (Å²) in [7, 11) is 0. The van der Waals surface area contributed by atoms with E-state index in [1.165, 1.54) is 4.90 Å². The Hall–Kier alpha value is -3.22. The van der Waals surface area contributed by atoms with Crippen LogP contribution in [0.5, 0.6) is 5.88 Å². The van der Waals surface area contributed by atoms with Gasteiger partial charge in [0, 0.05) is 36.1 Å². The summed E-state index contributed by atoms with van der Waals surface area (Å²) >= 11 is 0. The lowest BCUT2D eigenvalue weighted by atomic mass is 10.1. The van der Waals surface area contributed by atoms with Crippen LogP contribution in [0.15, 0.2) is 42.6 Å². The second-order valence-electron chi connectivity index (χ2n) is 6.37. The highest BCUT2D eigenvalue weighted by atomic mass is 16.5. The number of ether oxygens (including phenoxy) is 1. The van der Waals surface area contributed by atoms with Crippen LogP contribution in [0.4, 0.5) is 0 Å². The average Bonchev–Trinajstić information content (AvgIpc) is 3.29. The highest BCUT2D eigenvalue weighted by Crippen LogP contribution is 2.21. The predicted octanol–water partition coefficient (Wildman–Crippen LogP) is 2.13. The van der Waals surface area contributed by atoms with Gasteiger partial charge in [0.25, 0.3) is 11.7 Å². The summed E-state index contributed by atoms with van der Waals surface area (Å²) in [6.07, 6.45) is 2.06. The SMILES string of the molecule is Cc1ccc(OC2CCN(C(=O)C(=O)c3c[nH]c4ccccc34)C2)nn1. The number of benzene rings is 1. The molecule has 1 atom stereocenters. The Morgan fingerprint density at radius 2 is 2.04 bits per heavy atom. The molecule has 132 valence electrons. The second-order valence-corrected chi connectivity index (χ2v) is 6.37. The third kappa shape index (κ3) is 3.03. The average molecular weight is 350 g/mol. The maximum absolute atomic E-state index is 12.6. The molecule has 0 bridgehead atoms. The van der Waals surface area contributed by atoms with E-state index in [-0.39, 0.29) is 6.10 Å². The third-order valence-electron chi connectivity index (χ3n) is 4.52. The predicted molar refractivity (Wildman–Crippen MR) is 95.0 cm³/mol. The Morgan fingerprint density at radius 3 is 2.85 bits per heavy atom. The lowest BCUT2D eigenvalue weighted by molar-refractivity contribution is -0.125. The van der Waals surface area contributed by atoms with Gasteiger partial charge in [-0.2, -0.15) is 5.10 Å². The summed E-state index contributed by atoms with van der Waals surface area (Å²) in [5.41, 5.74) is 2.05. The van der Waals surface area contributed by atoms with Crippen LogP contribution in [0.1, 0.15) is 22.5 Å². The number of aryl methyl sites for hydroxylation is 1. The number of aromatic amines is 1. The first-order valence-electron chi connectivity index (χ1n) is 8.48. The van der Waals surface area contributed by atoms with Crippen LogP contribution in [0.2, 0.25) is 0 Å². The van der Waals surface area contributed by atoms with E-state index in [1.807, 2.05) is 37.3 Å². The summed E-state index contributed by atoms with van der Waals surface area (Å²) in [5, 5.41) is 8.69. The van der Waals surface area contributed by atoms with Crippen LogP contribution in [0.25, 0.3) is 10.9 Å². The Bertz CT molecular complexity index is 964. The number of para-hydroxylation sites is 1. The first-order chi connectivity index (χ1) is 12.6. The molecule has 7 heteroatoms. The number of carbonyl (C=O) groups is 2. The minimum Gasteiger partial charge on any atom is -0.471 e. The quantitative estimate of drug-likeness (QED) is 0.575. The molecule has 4 rings (SSSR count). The molecule has 1 fully saturated rings. The maximum atomic E-state index is 12.6. The number of hydrogen-bond donors (Lipinski definition) is 1. The number of rotatable bonds is 4. The lowest BCUT2D eigenvalue weighted by Gasteiger charge is -2.16. The molecular weight excluding hydrogens is 332 g/mol. The number of H-pyrrole nitrogens is 1. The number of Topliss-reactive ketones (excluding diaryl/α,β-unsaturated/α-hetero) is 1. The zero-order chi connectivity index (χ0) is 18.1. The van der Waals surface area contributed by atoms with Crippen molar-refractivity contribution in [3.05, 3.63) is 53.9 Å². The first-order valence-corrected chi connectivity index (χ1v) is 8.48. The molecule has 0 aliphatic carbocycles. The highest BCUT2D eigenvalue weighted by Gasteiger charge is 2.32. The molecule has 3 aromatic rings. The van der Waals surface area contributed by atoms with Crippen molar-refractivity contribution >= 4 is 22.6 Å². The van der Waals surface area contributed by atoms with Gasteiger partial charge < -0.3 is 14.6 Å². The summed E-state index contributed by atoms with van der Waals surface area (Å²) < 4.78 is 5.77. The molecule has 1 unspecified atom stereocenters. The molecule has 1 amide bonds.